The van der Waals surface area contributed by atoms with Gasteiger partial charge in [-0.25, -0.2) is 0 Å². The predicted octanol–water partition coefficient (Wildman–Crippen LogP) is 3.03. The minimum Gasteiger partial charge on any atom is -0.465 e. The Morgan fingerprint density at radius 2 is 2.04 bits per heavy atom. The van der Waals surface area contributed by atoms with E-state index in [0.29, 0.717) is 13.2 Å². The van der Waals surface area contributed by atoms with E-state index in [1.165, 1.54) is 11.3 Å². The number of aromatic nitrogens is 3. The summed E-state index contributed by atoms with van der Waals surface area (Å²) < 4.78 is 13.7. The molecule has 1 aromatic carbocycles. The zero-order valence-electron chi connectivity index (χ0n) is 15.3. The molecule has 6 heteroatoms. The molecule has 0 saturated heterocycles. The Labute approximate surface area is 153 Å². The third-order valence-electron chi connectivity index (χ3n) is 4.79. The monoisotopic (exact) mass is 352 g/mol. The molecular weight excluding hydrogens is 328 g/mol. The molecule has 0 fully saturated rings. The van der Waals surface area contributed by atoms with Gasteiger partial charge in [0.2, 0.25) is 0 Å². The topological polar surface area (TPSA) is 56.3 Å². The Morgan fingerprint density at radius 1 is 1.19 bits per heavy atom. The van der Waals surface area contributed by atoms with Gasteiger partial charge < -0.3 is 9.15 Å². The third kappa shape index (κ3) is 3.71. The maximum atomic E-state index is 6.02. The quantitative estimate of drug-likeness (QED) is 0.682. The molecule has 0 N–H and O–H groups in total. The normalized spacial score (nSPS) is 17.4. The summed E-state index contributed by atoms with van der Waals surface area (Å²) in [6, 6.07) is 14.3. The highest BCUT2D eigenvalue weighted by molar-refractivity contribution is 5.20. The van der Waals surface area contributed by atoms with Gasteiger partial charge in [-0.2, -0.15) is 0 Å². The summed E-state index contributed by atoms with van der Waals surface area (Å²) in [7, 11) is 1.96. The molecule has 6 nitrogen and oxygen atoms in total. The average molecular weight is 352 g/mol. The Hall–Kier alpha value is -2.44. The largest absolute Gasteiger partial charge is 0.465 e. The van der Waals surface area contributed by atoms with Gasteiger partial charge >= 0.3 is 0 Å². The van der Waals surface area contributed by atoms with E-state index in [-0.39, 0.29) is 5.92 Å². The molecule has 0 spiro atoms. The zero-order valence-corrected chi connectivity index (χ0v) is 15.3. The summed E-state index contributed by atoms with van der Waals surface area (Å²) in [6.45, 7) is 5.72. The highest BCUT2D eigenvalue weighted by atomic mass is 16.5. The van der Waals surface area contributed by atoms with Gasteiger partial charge in [0.1, 0.15) is 17.2 Å². The van der Waals surface area contributed by atoms with E-state index in [2.05, 4.69) is 27.3 Å². The van der Waals surface area contributed by atoms with Crippen LogP contribution in [0.4, 0.5) is 0 Å². The maximum Gasteiger partial charge on any atom is 0.118 e. The summed E-state index contributed by atoms with van der Waals surface area (Å²) in [5.41, 5.74) is 3.41. The van der Waals surface area contributed by atoms with Crippen molar-refractivity contribution >= 4 is 0 Å². The molecule has 1 aliphatic heterocycles. The van der Waals surface area contributed by atoms with E-state index in [0.717, 1.165) is 36.8 Å². The Morgan fingerprint density at radius 3 is 2.81 bits per heavy atom. The van der Waals surface area contributed by atoms with Gasteiger partial charge in [-0.15, -0.1) is 5.10 Å². The van der Waals surface area contributed by atoms with Crippen LogP contribution in [0.2, 0.25) is 0 Å². The lowest BCUT2D eigenvalue weighted by Crippen LogP contribution is -2.35. The van der Waals surface area contributed by atoms with Gasteiger partial charge in [0.05, 0.1) is 25.5 Å². The number of benzene rings is 1. The molecule has 3 aromatic rings. The van der Waals surface area contributed by atoms with Crippen LogP contribution < -0.4 is 0 Å². The van der Waals surface area contributed by atoms with Crippen LogP contribution in [0, 0.1) is 6.92 Å². The average Bonchev–Trinajstić information content (AvgIpc) is 3.22. The van der Waals surface area contributed by atoms with Gasteiger partial charge in [-0.05, 0) is 24.6 Å². The molecule has 0 unspecified atom stereocenters. The molecule has 0 bridgehead atoms. The molecule has 2 aromatic heterocycles. The first-order valence-corrected chi connectivity index (χ1v) is 8.97. The van der Waals surface area contributed by atoms with E-state index < -0.39 is 0 Å². The van der Waals surface area contributed by atoms with Crippen molar-refractivity contribution in [2.24, 2.45) is 7.05 Å². The summed E-state index contributed by atoms with van der Waals surface area (Å²) in [4.78, 5) is 2.35. The van der Waals surface area contributed by atoms with Crippen molar-refractivity contribution in [3.63, 3.8) is 0 Å². The van der Waals surface area contributed by atoms with Crippen LogP contribution in [-0.4, -0.2) is 33.0 Å². The van der Waals surface area contributed by atoms with Crippen molar-refractivity contribution < 1.29 is 9.15 Å². The number of aryl methyl sites for hydroxylation is 2. The van der Waals surface area contributed by atoms with E-state index in [1.54, 1.807) is 0 Å². The van der Waals surface area contributed by atoms with Crippen molar-refractivity contribution in [3.05, 3.63) is 70.9 Å². The first kappa shape index (κ1) is 17.0. The smallest absolute Gasteiger partial charge is 0.118 e. The summed E-state index contributed by atoms with van der Waals surface area (Å²) in [6.07, 6.45) is 0. The van der Waals surface area contributed by atoms with Crippen LogP contribution in [0.1, 0.15) is 34.4 Å². The molecule has 0 amide bonds. The number of furan rings is 1. The lowest BCUT2D eigenvalue weighted by atomic mass is 9.99. The second-order valence-electron chi connectivity index (χ2n) is 6.92. The highest BCUT2D eigenvalue weighted by Crippen LogP contribution is 2.28. The van der Waals surface area contributed by atoms with E-state index in [1.807, 2.05) is 49.0 Å². The fraction of sp³-hybridized carbons (Fsp3) is 0.400. The fourth-order valence-corrected chi connectivity index (χ4v) is 3.63. The van der Waals surface area contributed by atoms with E-state index >= 15 is 0 Å². The first-order valence-electron chi connectivity index (χ1n) is 8.97. The minimum atomic E-state index is 0.249. The molecular formula is C20H24N4O2. The van der Waals surface area contributed by atoms with E-state index in [4.69, 9.17) is 9.15 Å². The second-order valence-corrected chi connectivity index (χ2v) is 6.92. The van der Waals surface area contributed by atoms with Crippen LogP contribution >= 0.6 is 0 Å². The minimum absolute atomic E-state index is 0.249. The predicted molar refractivity (Wildman–Crippen MR) is 97.4 cm³/mol. The first-order chi connectivity index (χ1) is 12.7. The number of rotatable bonds is 6. The number of nitrogens with zero attached hydrogens (tertiary/aromatic N) is 4. The van der Waals surface area contributed by atoms with Crippen molar-refractivity contribution in [2.75, 3.05) is 13.2 Å². The molecule has 3 heterocycles. The molecule has 136 valence electrons. The summed E-state index contributed by atoms with van der Waals surface area (Å²) in [5.74, 6) is 2.18. The Kier molecular flexibility index (Phi) is 4.86. The standard InChI is InChI=1S/C20H24N4O2/c1-15-8-9-18(26-15)11-24-10-17(20-19(12-24)21-22-23(20)2)14-25-13-16-6-4-3-5-7-16/h3-9,17H,10-14H2,1-2H3/t17-/m1/s1. The van der Waals surface area contributed by atoms with Crippen LogP contribution in [0.15, 0.2) is 46.9 Å². The molecule has 0 radical (unpaired) electrons. The maximum absolute atomic E-state index is 6.02. The number of ether oxygens (including phenoxy) is 1. The Balaban J connectivity index is 1.44. The van der Waals surface area contributed by atoms with E-state index in [9.17, 15) is 0 Å². The molecule has 4 rings (SSSR count). The SMILES string of the molecule is Cc1ccc(CN2Cc3nnn(C)c3[C@@H](COCc3ccccc3)C2)o1. The summed E-state index contributed by atoms with van der Waals surface area (Å²) in [5, 5.41) is 8.58. The van der Waals surface area contributed by atoms with Gasteiger partial charge in [0, 0.05) is 26.1 Å². The van der Waals surface area contributed by atoms with Crippen LogP contribution in [0.5, 0.6) is 0 Å². The van der Waals surface area contributed by atoms with Crippen LogP contribution in [-0.2, 0) is 31.5 Å². The number of hydrogen-bond acceptors (Lipinski definition) is 5. The second kappa shape index (κ2) is 7.43. The number of hydrogen-bond donors (Lipinski definition) is 0. The molecule has 0 saturated carbocycles. The van der Waals surface area contributed by atoms with Gasteiger partial charge in [-0.3, -0.25) is 9.58 Å². The third-order valence-corrected chi connectivity index (χ3v) is 4.79. The Bertz CT molecular complexity index is 856. The van der Waals surface area contributed by atoms with Crippen molar-refractivity contribution in [1.82, 2.24) is 19.9 Å². The van der Waals surface area contributed by atoms with Crippen molar-refractivity contribution in [1.29, 1.82) is 0 Å². The highest BCUT2D eigenvalue weighted by Gasteiger charge is 2.30. The lowest BCUT2D eigenvalue weighted by Gasteiger charge is -2.31. The number of fused-ring (bicyclic) bond motifs is 1. The van der Waals surface area contributed by atoms with Gasteiger partial charge in [0.15, 0.2) is 0 Å². The zero-order chi connectivity index (χ0) is 17.9. The molecule has 0 aliphatic carbocycles. The van der Waals surface area contributed by atoms with Gasteiger partial charge in [0.25, 0.3) is 0 Å². The van der Waals surface area contributed by atoms with Crippen LogP contribution in [0.25, 0.3) is 0 Å². The molecule has 26 heavy (non-hydrogen) atoms. The molecule has 1 atom stereocenters. The summed E-state index contributed by atoms with van der Waals surface area (Å²) >= 11 is 0. The van der Waals surface area contributed by atoms with Crippen molar-refractivity contribution in [2.45, 2.75) is 32.5 Å². The molecule has 1 aliphatic rings. The fourth-order valence-electron chi connectivity index (χ4n) is 3.63. The lowest BCUT2D eigenvalue weighted by molar-refractivity contribution is 0.0813. The van der Waals surface area contributed by atoms with Crippen LogP contribution in [0.3, 0.4) is 0 Å². The van der Waals surface area contributed by atoms with Gasteiger partial charge in [-0.1, -0.05) is 35.5 Å². The van der Waals surface area contributed by atoms with Crippen molar-refractivity contribution in [3.8, 4) is 0 Å².